The number of aryl methyl sites for hydroxylation is 2. The van der Waals surface area contributed by atoms with Gasteiger partial charge in [-0.3, -0.25) is 4.79 Å². The molecule has 1 unspecified atom stereocenters. The average Bonchev–Trinajstić information content (AvgIpc) is 2.61. The Hall–Kier alpha value is -1.35. The minimum Gasteiger partial charge on any atom is -0.320 e. The number of anilines is 1. The van der Waals surface area contributed by atoms with Crippen LogP contribution in [0.1, 0.15) is 64.5 Å². The zero-order chi connectivity index (χ0) is 18.2. The molecule has 1 aromatic rings. The van der Waals surface area contributed by atoms with Crippen molar-refractivity contribution < 1.29 is 9.28 Å². The van der Waals surface area contributed by atoms with Gasteiger partial charge >= 0.3 is 0 Å². The highest BCUT2D eigenvalue weighted by molar-refractivity contribution is 5.95. The van der Waals surface area contributed by atoms with E-state index in [9.17, 15) is 4.79 Å². The van der Waals surface area contributed by atoms with Gasteiger partial charge in [0, 0.05) is 12.1 Å². The number of hydrogen-bond acceptors (Lipinski definition) is 1. The Morgan fingerprint density at radius 1 is 1.08 bits per heavy atom. The normalized spacial score (nSPS) is 17.4. The molecular weight excluding hydrogens is 296 g/mol. The van der Waals surface area contributed by atoms with Gasteiger partial charge in [-0.15, -0.1) is 0 Å². The summed E-state index contributed by atoms with van der Waals surface area (Å²) in [6, 6.07) is 6.25. The number of rotatable bonds is 5. The summed E-state index contributed by atoms with van der Waals surface area (Å²) in [5.74, 6) is 0.198. The van der Waals surface area contributed by atoms with Gasteiger partial charge in [0.2, 0.25) is 0 Å². The van der Waals surface area contributed by atoms with Crippen LogP contribution in [0.2, 0.25) is 0 Å². The molecule has 1 aliphatic heterocycles. The van der Waals surface area contributed by atoms with Crippen LogP contribution in [0.4, 0.5) is 5.69 Å². The van der Waals surface area contributed by atoms with Crippen LogP contribution in [-0.4, -0.2) is 36.1 Å². The molecule has 1 atom stereocenters. The molecule has 3 heteroatoms. The second kappa shape index (κ2) is 9.83. The summed E-state index contributed by atoms with van der Waals surface area (Å²) in [6.07, 6.45) is 4.72. The van der Waals surface area contributed by atoms with Crippen molar-refractivity contribution in [1.82, 2.24) is 0 Å². The van der Waals surface area contributed by atoms with Crippen LogP contribution in [-0.2, 0) is 4.79 Å². The lowest BCUT2D eigenvalue weighted by Crippen LogP contribution is -2.61. The Morgan fingerprint density at radius 3 is 2.08 bits per heavy atom. The maximum Gasteiger partial charge on any atom is 0.282 e. The number of quaternary nitrogens is 1. The molecule has 1 heterocycles. The fourth-order valence-corrected chi connectivity index (χ4v) is 4.03. The second-order valence-corrected chi connectivity index (χ2v) is 6.72. The van der Waals surface area contributed by atoms with E-state index in [-0.39, 0.29) is 11.9 Å². The molecule has 0 aliphatic carbocycles. The fourth-order valence-electron chi connectivity index (χ4n) is 4.03. The van der Waals surface area contributed by atoms with E-state index < -0.39 is 0 Å². The first-order chi connectivity index (χ1) is 11.5. The van der Waals surface area contributed by atoms with Crippen LogP contribution < -0.4 is 5.32 Å². The summed E-state index contributed by atoms with van der Waals surface area (Å²) in [5.41, 5.74) is 3.28. The number of piperidine rings is 1. The van der Waals surface area contributed by atoms with E-state index in [4.69, 9.17) is 0 Å². The minimum atomic E-state index is 0.0734. The van der Waals surface area contributed by atoms with E-state index in [1.165, 1.54) is 19.3 Å². The van der Waals surface area contributed by atoms with E-state index in [1.807, 2.05) is 19.9 Å². The maximum atomic E-state index is 13.0. The van der Waals surface area contributed by atoms with Gasteiger partial charge in [0.1, 0.15) is 0 Å². The van der Waals surface area contributed by atoms with Crippen LogP contribution in [0.25, 0.3) is 0 Å². The molecule has 0 bridgehead atoms. The summed E-state index contributed by atoms with van der Waals surface area (Å²) >= 11 is 0. The molecule has 136 valence electrons. The zero-order valence-corrected chi connectivity index (χ0v) is 16.6. The molecule has 0 radical (unpaired) electrons. The Morgan fingerprint density at radius 2 is 1.62 bits per heavy atom. The minimum absolute atomic E-state index is 0.0734. The lowest BCUT2D eigenvalue weighted by atomic mass is 10.00. The molecule has 2 rings (SSSR count). The number of hydrogen-bond donors (Lipinski definition) is 1. The number of likely N-dealkylation sites (tertiary alicyclic amines) is 1. The van der Waals surface area contributed by atoms with E-state index in [1.54, 1.807) is 0 Å². The monoisotopic (exact) mass is 333 g/mol. The Bertz CT molecular complexity index is 498. The maximum absolute atomic E-state index is 13.0. The van der Waals surface area contributed by atoms with Gasteiger partial charge in [-0.05, 0) is 51.2 Å². The zero-order valence-electron chi connectivity index (χ0n) is 16.6. The van der Waals surface area contributed by atoms with Gasteiger partial charge in [0.25, 0.3) is 5.91 Å². The van der Waals surface area contributed by atoms with Crippen LogP contribution in [0, 0.1) is 13.8 Å². The molecule has 1 aromatic carbocycles. The smallest absolute Gasteiger partial charge is 0.282 e. The van der Waals surface area contributed by atoms with Crippen molar-refractivity contribution in [2.45, 2.75) is 73.3 Å². The van der Waals surface area contributed by atoms with E-state index in [2.05, 4.69) is 45.1 Å². The van der Waals surface area contributed by atoms with Crippen molar-refractivity contribution in [1.29, 1.82) is 0 Å². The summed E-state index contributed by atoms with van der Waals surface area (Å²) in [7, 11) is 0. The fraction of sp³-hybridized carbons (Fsp3) is 0.667. The first-order valence-electron chi connectivity index (χ1n) is 9.77. The SMILES string of the molecule is CC.CCC(C(=O)Nc1c(C)cccc1C)[N+]1(CC)CCCCC1. The van der Waals surface area contributed by atoms with Crippen molar-refractivity contribution in [3.05, 3.63) is 29.3 Å². The Balaban J connectivity index is 0.00000139. The van der Waals surface area contributed by atoms with Crippen molar-refractivity contribution in [3.63, 3.8) is 0 Å². The van der Waals surface area contributed by atoms with Crippen LogP contribution in [0.15, 0.2) is 18.2 Å². The number of para-hydroxylation sites is 1. The Labute approximate surface area is 149 Å². The summed E-state index contributed by atoms with van der Waals surface area (Å²) in [6.45, 7) is 15.9. The molecule has 1 saturated heterocycles. The molecule has 3 nitrogen and oxygen atoms in total. The third kappa shape index (κ3) is 4.60. The third-order valence-electron chi connectivity index (χ3n) is 5.42. The van der Waals surface area contributed by atoms with E-state index >= 15 is 0 Å². The Kier molecular flexibility index (Phi) is 8.47. The lowest BCUT2D eigenvalue weighted by molar-refractivity contribution is -0.945. The van der Waals surface area contributed by atoms with Crippen molar-refractivity contribution >= 4 is 11.6 Å². The van der Waals surface area contributed by atoms with Crippen molar-refractivity contribution in [2.24, 2.45) is 0 Å². The van der Waals surface area contributed by atoms with Crippen LogP contribution in [0.3, 0.4) is 0 Å². The number of benzene rings is 1. The molecule has 0 aromatic heterocycles. The summed E-state index contributed by atoms with van der Waals surface area (Å²) in [5, 5.41) is 3.23. The van der Waals surface area contributed by atoms with Gasteiger partial charge in [0.05, 0.1) is 19.6 Å². The predicted octanol–water partition coefficient (Wildman–Crippen LogP) is 5.07. The topological polar surface area (TPSA) is 29.1 Å². The first kappa shape index (κ1) is 20.7. The first-order valence-corrected chi connectivity index (χ1v) is 9.77. The number of nitrogens with zero attached hydrogens (tertiary/aromatic N) is 1. The quantitative estimate of drug-likeness (QED) is 0.749. The molecular formula is C21H37N2O+. The molecule has 1 amide bonds. The number of likely N-dealkylation sites (N-methyl/N-ethyl adjacent to an activating group) is 1. The summed E-state index contributed by atoms with van der Waals surface area (Å²) < 4.78 is 0.966. The number of amides is 1. The van der Waals surface area contributed by atoms with Gasteiger partial charge in [-0.1, -0.05) is 39.0 Å². The number of nitrogens with one attached hydrogen (secondary N) is 1. The van der Waals surface area contributed by atoms with Crippen molar-refractivity contribution in [3.8, 4) is 0 Å². The molecule has 1 fully saturated rings. The third-order valence-corrected chi connectivity index (χ3v) is 5.42. The van der Waals surface area contributed by atoms with Gasteiger partial charge < -0.3 is 9.80 Å². The molecule has 0 saturated carbocycles. The second-order valence-electron chi connectivity index (χ2n) is 6.72. The molecule has 0 spiro atoms. The van der Waals surface area contributed by atoms with E-state index in [0.717, 1.165) is 47.4 Å². The number of carbonyl (C=O) groups excluding carboxylic acids is 1. The van der Waals surface area contributed by atoms with Gasteiger partial charge in [-0.2, -0.15) is 0 Å². The van der Waals surface area contributed by atoms with E-state index in [0.29, 0.717) is 0 Å². The van der Waals surface area contributed by atoms with Crippen LogP contribution >= 0.6 is 0 Å². The lowest BCUT2D eigenvalue weighted by Gasteiger charge is -2.45. The highest BCUT2D eigenvalue weighted by Crippen LogP contribution is 2.27. The standard InChI is InChI=1S/C19H30N2O.C2H6/c1-5-17(21(6-2)13-8-7-9-14-21)19(22)20-18-15(3)11-10-12-16(18)4;1-2/h10-12,17H,5-9,13-14H2,1-4H3;1-2H3/p+1. The highest BCUT2D eigenvalue weighted by atomic mass is 16.2. The molecule has 1 N–H and O–H groups in total. The largest absolute Gasteiger partial charge is 0.320 e. The summed E-state index contributed by atoms with van der Waals surface area (Å²) in [4.78, 5) is 13.0. The molecule has 1 aliphatic rings. The predicted molar refractivity (Wildman–Crippen MR) is 104 cm³/mol. The van der Waals surface area contributed by atoms with Gasteiger partial charge in [0.15, 0.2) is 6.04 Å². The van der Waals surface area contributed by atoms with Crippen molar-refractivity contribution in [2.75, 3.05) is 25.0 Å². The number of carbonyl (C=O) groups is 1. The van der Waals surface area contributed by atoms with Crippen LogP contribution in [0.5, 0.6) is 0 Å². The molecule has 24 heavy (non-hydrogen) atoms. The average molecular weight is 334 g/mol. The highest BCUT2D eigenvalue weighted by Gasteiger charge is 2.40. The van der Waals surface area contributed by atoms with Gasteiger partial charge in [-0.25, -0.2) is 0 Å².